The highest BCUT2D eigenvalue weighted by molar-refractivity contribution is 9.10. The zero-order valence-corrected chi connectivity index (χ0v) is 12.6. The number of nitrogens with one attached hydrogen (secondary N) is 1. The van der Waals surface area contributed by atoms with Crippen LogP contribution in [-0.4, -0.2) is 16.7 Å². The predicted molar refractivity (Wildman–Crippen MR) is 77.3 cm³/mol. The molecule has 2 aromatic rings. The molecule has 1 aromatic heterocycles. The molecule has 3 nitrogen and oxygen atoms in total. The molecule has 0 fully saturated rings. The van der Waals surface area contributed by atoms with Gasteiger partial charge in [-0.1, -0.05) is 15.9 Å². The zero-order valence-electron chi connectivity index (χ0n) is 11.0. The quantitative estimate of drug-likeness (QED) is 0.865. The second-order valence-corrected chi connectivity index (χ2v) is 5.52. The lowest BCUT2D eigenvalue weighted by molar-refractivity contribution is -0.140. The summed E-state index contributed by atoms with van der Waals surface area (Å²) in [6.07, 6.45) is -3.14. The zero-order chi connectivity index (χ0) is 15.6. The first-order valence-corrected chi connectivity index (χ1v) is 6.84. The molecule has 0 atom stereocenters. The van der Waals surface area contributed by atoms with Crippen molar-refractivity contribution in [2.24, 2.45) is 0 Å². The van der Waals surface area contributed by atoms with Gasteiger partial charge in [-0.05, 0) is 42.8 Å². The summed E-state index contributed by atoms with van der Waals surface area (Å²) in [5.74, 6) is -0.582. The van der Waals surface area contributed by atoms with Crippen molar-refractivity contribution < 1.29 is 18.0 Å². The first kappa shape index (κ1) is 15.6. The Balaban J connectivity index is 2.19. The van der Waals surface area contributed by atoms with E-state index in [1.165, 1.54) is 18.3 Å². The van der Waals surface area contributed by atoms with E-state index in [0.717, 1.165) is 14.6 Å². The molecule has 0 spiro atoms. The number of carbonyl (C=O) groups is 1. The standard InChI is InChI=1S/C14H12BrF3N2O/c1-9-5-10(15)7-11(6-9)19-13(21)12-3-2-4-20(12)8-14(16,17)18/h2-7H,8H2,1H3,(H,19,21). The Morgan fingerprint density at radius 1 is 1.33 bits per heavy atom. The van der Waals surface area contributed by atoms with Crippen LogP contribution in [0.4, 0.5) is 18.9 Å². The number of benzene rings is 1. The first-order valence-electron chi connectivity index (χ1n) is 6.05. The SMILES string of the molecule is Cc1cc(Br)cc(NC(=O)c2cccn2CC(F)(F)F)c1. The van der Waals surface area contributed by atoms with E-state index in [2.05, 4.69) is 21.2 Å². The molecule has 0 unspecified atom stereocenters. The summed E-state index contributed by atoms with van der Waals surface area (Å²) in [4.78, 5) is 12.1. The molecule has 0 aliphatic rings. The lowest BCUT2D eigenvalue weighted by Gasteiger charge is -2.12. The van der Waals surface area contributed by atoms with Gasteiger partial charge in [-0.2, -0.15) is 13.2 Å². The van der Waals surface area contributed by atoms with Gasteiger partial charge in [0.2, 0.25) is 0 Å². The molecular formula is C14H12BrF3N2O. The Hall–Kier alpha value is -1.76. The molecule has 2 rings (SSSR count). The fourth-order valence-corrected chi connectivity index (χ4v) is 2.56. The van der Waals surface area contributed by atoms with Gasteiger partial charge < -0.3 is 9.88 Å². The van der Waals surface area contributed by atoms with Crippen LogP contribution < -0.4 is 5.32 Å². The summed E-state index contributed by atoms with van der Waals surface area (Å²) in [5.41, 5.74) is 1.40. The first-order chi connectivity index (χ1) is 9.74. The van der Waals surface area contributed by atoms with Crippen molar-refractivity contribution in [1.82, 2.24) is 4.57 Å². The van der Waals surface area contributed by atoms with E-state index < -0.39 is 18.6 Å². The Morgan fingerprint density at radius 2 is 2.05 bits per heavy atom. The smallest absolute Gasteiger partial charge is 0.334 e. The summed E-state index contributed by atoms with van der Waals surface area (Å²) in [5, 5.41) is 2.60. The van der Waals surface area contributed by atoms with Gasteiger partial charge in [0.25, 0.3) is 5.91 Å². The van der Waals surface area contributed by atoms with E-state index in [1.807, 2.05) is 13.0 Å². The fourth-order valence-electron chi connectivity index (χ4n) is 1.95. The lowest BCUT2D eigenvalue weighted by atomic mass is 10.2. The van der Waals surface area contributed by atoms with Crippen molar-refractivity contribution in [3.8, 4) is 0 Å². The van der Waals surface area contributed by atoms with E-state index in [-0.39, 0.29) is 5.69 Å². The van der Waals surface area contributed by atoms with Crippen LogP contribution in [0.1, 0.15) is 16.1 Å². The third-order valence-electron chi connectivity index (χ3n) is 2.71. The predicted octanol–water partition coefficient (Wildman–Crippen LogP) is 4.37. The molecule has 0 saturated carbocycles. The normalized spacial score (nSPS) is 11.5. The van der Waals surface area contributed by atoms with Crippen LogP contribution >= 0.6 is 15.9 Å². The average Bonchev–Trinajstić information content (AvgIpc) is 2.72. The van der Waals surface area contributed by atoms with Crippen LogP contribution in [0.5, 0.6) is 0 Å². The number of anilines is 1. The number of aryl methyl sites for hydroxylation is 1. The van der Waals surface area contributed by atoms with Crippen molar-refractivity contribution in [3.63, 3.8) is 0 Å². The average molecular weight is 361 g/mol. The van der Waals surface area contributed by atoms with Gasteiger partial charge in [-0.3, -0.25) is 4.79 Å². The molecule has 0 aliphatic heterocycles. The number of hydrogen-bond donors (Lipinski definition) is 1. The molecule has 0 radical (unpaired) electrons. The summed E-state index contributed by atoms with van der Waals surface area (Å²) in [7, 11) is 0. The Labute approximate surface area is 127 Å². The summed E-state index contributed by atoms with van der Waals surface area (Å²) < 4.78 is 39.0. The number of amides is 1. The molecule has 7 heteroatoms. The van der Waals surface area contributed by atoms with Gasteiger partial charge >= 0.3 is 6.18 Å². The molecule has 112 valence electrons. The lowest BCUT2D eigenvalue weighted by Crippen LogP contribution is -2.23. The highest BCUT2D eigenvalue weighted by Crippen LogP contribution is 2.21. The Morgan fingerprint density at radius 3 is 2.67 bits per heavy atom. The number of rotatable bonds is 3. The minimum atomic E-state index is -4.37. The summed E-state index contributed by atoms with van der Waals surface area (Å²) in [6.45, 7) is 0.660. The maximum absolute atomic E-state index is 12.4. The highest BCUT2D eigenvalue weighted by Gasteiger charge is 2.29. The molecule has 0 bridgehead atoms. The molecule has 21 heavy (non-hydrogen) atoms. The minimum absolute atomic E-state index is 0.0371. The van der Waals surface area contributed by atoms with Gasteiger partial charge in [0.15, 0.2) is 0 Å². The van der Waals surface area contributed by atoms with Crippen LogP contribution in [0.15, 0.2) is 41.0 Å². The third-order valence-corrected chi connectivity index (χ3v) is 3.17. The van der Waals surface area contributed by atoms with Crippen molar-refractivity contribution >= 4 is 27.5 Å². The monoisotopic (exact) mass is 360 g/mol. The van der Waals surface area contributed by atoms with Crippen molar-refractivity contribution in [2.75, 3.05) is 5.32 Å². The molecule has 1 heterocycles. The Bertz CT molecular complexity index is 644. The number of nitrogens with zero attached hydrogens (tertiary/aromatic N) is 1. The largest absolute Gasteiger partial charge is 0.406 e. The Kier molecular flexibility index (Phi) is 4.41. The highest BCUT2D eigenvalue weighted by atomic mass is 79.9. The van der Waals surface area contributed by atoms with E-state index in [4.69, 9.17) is 0 Å². The van der Waals surface area contributed by atoms with Gasteiger partial charge in [-0.25, -0.2) is 0 Å². The van der Waals surface area contributed by atoms with Crippen LogP contribution in [0, 0.1) is 6.92 Å². The fraction of sp³-hybridized carbons (Fsp3) is 0.214. The molecule has 1 aromatic carbocycles. The topological polar surface area (TPSA) is 34.0 Å². The van der Waals surface area contributed by atoms with Gasteiger partial charge in [0, 0.05) is 16.4 Å². The van der Waals surface area contributed by atoms with Crippen molar-refractivity contribution in [3.05, 3.63) is 52.3 Å². The van der Waals surface area contributed by atoms with Crippen LogP contribution in [-0.2, 0) is 6.54 Å². The molecular weight excluding hydrogens is 349 g/mol. The van der Waals surface area contributed by atoms with Gasteiger partial charge in [-0.15, -0.1) is 0 Å². The third kappa shape index (κ3) is 4.35. The molecule has 1 amide bonds. The maximum atomic E-state index is 12.4. The number of hydrogen-bond acceptors (Lipinski definition) is 1. The maximum Gasteiger partial charge on any atom is 0.406 e. The molecule has 0 saturated heterocycles. The number of alkyl halides is 3. The number of carbonyl (C=O) groups excluding carboxylic acids is 1. The second kappa shape index (κ2) is 5.93. The van der Waals surface area contributed by atoms with Crippen molar-refractivity contribution in [2.45, 2.75) is 19.6 Å². The summed E-state index contributed by atoms with van der Waals surface area (Å²) in [6, 6.07) is 8.04. The van der Waals surface area contributed by atoms with E-state index in [0.29, 0.717) is 5.69 Å². The van der Waals surface area contributed by atoms with E-state index in [1.54, 1.807) is 12.1 Å². The van der Waals surface area contributed by atoms with Gasteiger partial charge in [0.05, 0.1) is 0 Å². The molecule has 1 N–H and O–H groups in total. The van der Waals surface area contributed by atoms with Crippen LogP contribution in [0.2, 0.25) is 0 Å². The number of halogens is 4. The second-order valence-electron chi connectivity index (χ2n) is 4.61. The number of aromatic nitrogens is 1. The van der Waals surface area contributed by atoms with Crippen LogP contribution in [0.3, 0.4) is 0 Å². The van der Waals surface area contributed by atoms with Crippen LogP contribution in [0.25, 0.3) is 0 Å². The van der Waals surface area contributed by atoms with E-state index in [9.17, 15) is 18.0 Å². The summed E-state index contributed by atoms with van der Waals surface area (Å²) >= 11 is 3.30. The van der Waals surface area contributed by atoms with Gasteiger partial charge in [0.1, 0.15) is 12.2 Å². The molecule has 0 aliphatic carbocycles. The van der Waals surface area contributed by atoms with Crippen molar-refractivity contribution in [1.29, 1.82) is 0 Å². The van der Waals surface area contributed by atoms with E-state index >= 15 is 0 Å². The minimum Gasteiger partial charge on any atom is -0.334 e.